The molecule has 28 heavy (non-hydrogen) atoms. The molecule has 2 amide bonds. The van der Waals surface area contributed by atoms with Gasteiger partial charge in [-0.3, -0.25) is 24.6 Å². The second kappa shape index (κ2) is 7.40. The summed E-state index contributed by atoms with van der Waals surface area (Å²) in [6.45, 7) is 0. The summed E-state index contributed by atoms with van der Waals surface area (Å²) in [6, 6.07) is 13.4. The molecule has 1 heterocycles. The number of non-ortho nitro benzene ring substituents is 1. The lowest BCUT2D eigenvalue weighted by Gasteiger charge is -2.29. The maximum Gasteiger partial charge on any atom is 0.269 e. The van der Waals surface area contributed by atoms with Crippen LogP contribution in [0.3, 0.4) is 0 Å². The van der Waals surface area contributed by atoms with Gasteiger partial charge in [-0.1, -0.05) is 44.0 Å². The average Bonchev–Trinajstić information content (AvgIpc) is 2.92. The second-order valence-electron chi connectivity index (χ2n) is 7.08. The quantitative estimate of drug-likeness (QED) is 0.261. The summed E-state index contributed by atoms with van der Waals surface area (Å²) < 4.78 is 0. The van der Waals surface area contributed by atoms with Crippen LogP contribution in [0.4, 0.5) is 11.4 Å². The Balaban J connectivity index is 1.58. The van der Waals surface area contributed by atoms with E-state index in [-0.39, 0.29) is 39.0 Å². The van der Waals surface area contributed by atoms with Gasteiger partial charge in [-0.05, 0) is 48.2 Å². The van der Waals surface area contributed by atoms with Crippen molar-refractivity contribution in [3.8, 4) is 11.1 Å². The van der Waals surface area contributed by atoms with Crippen LogP contribution >= 0.6 is 31.9 Å². The Bertz CT molecular complexity index is 918. The second-order valence-corrected chi connectivity index (χ2v) is 9.43. The van der Waals surface area contributed by atoms with Crippen LogP contribution in [0.1, 0.15) is 12.8 Å². The van der Waals surface area contributed by atoms with Crippen molar-refractivity contribution in [2.75, 3.05) is 4.90 Å². The van der Waals surface area contributed by atoms with E-state index in [4.69, 9.17) is 0 Å². The van der Waals surface area contributed by atoms with E-state index in [1.165, 1.54) is 17.0 Å². The van der Waals surface area contributed by atoms with Gasteiger partial charge in [-0.15, -0.1) is 0 Å². The number of carbonyl (C=O) groups excluding carboxylic acids is 2. The number of benzene rings is 2. The molecule has 0 radical (unpaired) electrons. The molecule has 1 saturated heterocycles. The van der Waals surface area contributed by atoms with Crippen molar-refractivity contribution in [2.45, 2.75) is 22.5 Å². The van der Waals surface area contributed by atoms with Crippen LogP contribution in [0.5, 0.6) is 0 Å². The van der Waals surface area contributed by atoms with Crippen molar-refractivity contribution in [3.05, 3.63) is 58.6 Å². The Morgan fingerprint density at radius 2 is 1.25 bits per heavy atom. The third kappa shape index (κ3) is 3.28. The van der Waals surface area contributed by atoms with Crippen molar-refractivity contribution >= 4 is 55.0 Å². The summed E-state index contributed by atoms with van der Waals surface area (Å²) in [6.07, 6.45) is 1.28. The molecule has 0 aromatic heterocycles. The van der Waals surface area contributed by atoms with Gasteiger partial charge in [0.25, 0.3) is 5.69 Å². The number of alkyl halides is 2. The highest BCUT2D eigenvalue weighted by Gasteiger charge is 2.52. The maximum absolute atomic E-state index is 12.9. The molecule has 0 spiro atoms. The Hall–Kier alpha value is -2.06. The molecule has 4 atom stereocenters. The minimum Gasteiger partial charge on any atom is -0.274 e. The van der Waals surface area contributed by atoms with Gasteiger partial charge >= 0.3 is 0 Å². The van der Waals surface area contributed by atoms with E-state index in [0.717, 1.165) is 11.1 Å². The van der Waals surface area contributed by atoms with Crippen LogP contribution in [0.25, 0.3) is 11.1 Å². The Labute approximate surface area is 178 Å². The molecular formula is C20H16Br2N2O4. The zero-order valence-electron chi connectivity index (χ0n) is 14.6. The van der Waals surface area contributed by atoms with Crippen molar-refractivity contribution in [2.24, 2.45) is 11.8 Å². The van der Waals surface area contributed by atoms with Crippen LogP contribution in [0.15, 0.2) is 48.5 Å². The van der Waals surface area contributed by atoms with E-state index in [2.05, 4.69) is 31.9 Å². The summed E-state index contributed by atoms with van der Waals surface area (Å²) in [7, 11) is 0. The van der Waals surface area contributed by atoms with E-state index in [1.807, 2.05) is 12.1 Å². The number of nitro benzene ring substituents is 1. The molecule has 2 aromatic carbocycles. The molecule has 4 rings (SSSR count). The molecule has 1 aliphatic carbocycles. The number of hydrogen-bond acceptors (Lipinski definition) is 4. The molecule has 0 bridgehead atoms. The maximum atomic E-state index is 12.9. The number of nitrogens with zero attached hydrogens (tertiary/aromatic N) is 2. The van der Waals surface area contributed by atoms with Gasteiger partial charge in [0.1, 0.15) is 0 Å². The van der Waals surface area contributed by atoms with Crippen molar-refractivity contribution < 1.29 is 14.5 Å². The Morgan fingerprint density at radius 3 is 1.68 bits per heavy atom. The van der Waals surface area contributed by atoms with Crippen molar-refractivity contribution in [3.63, 3.8) is 0 Å². The van der Waals surface area contributed by atoms with Crippen LogP contribution in [0.2, 0.25) is 0 Å². The predicted molar refractivity (Wildman–Crippen MR) is 113 cm³/mol. The fourth-order valence-corrected chi connectivity index (χ4v) is 5.17. The highest BCUT2D eigenvalue weighted by molar-refractivity contribution is 9.12. The Kier molecular flexibility index (Phi) is 5.09. The van der Waals surface area contributed by atoms with Crippen molar-refractivity contribution in [1.82, 2.24) is 0 Å². The van der Waals surface area contributed by atoms with E-state index in [0.29, 0.717) is 18.5 Å². The van der Waals surface area contributed by atoms with Crippen LogP contribution in [-0.4, -0.2) is 26.4 Å². The smallest absolute Gasteiger partial charge is 0.269 e. The highest BCUT2D eigenvalue weighted by Crippen LogP contribution is 2.44. The Morgan fingerprint density at radius 1 is 0.821 bits per heavy atom. The summed E-state index contributed by atoms with van der Waals surface area (Å²) >= 11 is 7.18. The molecule has 8 heteroatoms. The zero-order chi connectivity index (χ0) is 20.0. The number of halogens is 2. The first-order valence-electron chi connectivity index (χ1n) is 8.87. The number of hydrogen-bond donors (Lipinski definition) is 0. The fraction of sp³-hybridized carbons (Fsp3) is 0.300. The molecule has 2 fully saturated rings. The lowest BCUT2D eigenvalue weighted by Crippen LogP contribution is -2.34. The number of imide groups is 1. The lowest BCUT2D eigenvalue weighted by atomic mass is 9.81. The monoisotopic (exact) mass is 506 g/mol. The third-order valence-electron chi connectivity index (χ3n) is 5.45. The largest absolute Gasteiger partial charge is 0.274 e. The normalized spacial score (nSPS) is 27.0. The first kappa shape index (κ1) is 19.3. The van der Waals surface area contributed by atoms with E-state index in [9.17, 15) is 19.7 Å². The fourth-order valence-electron chi connectivity index (χ4n) is 3.93. The van der Waals surface area contributed by atoms with Crippen LogP contribution in [-0.2, 0) is 9.59 Å². The zero-order valence-corrected chi connectivity index (χ0v) is 17.8. The van der Waals surface area contributed by atoms with E-state index < -0.39 is 4.92 Å². The number of rotatable bonds is 3. The third-order valence-corrected chi connectivity index (χ3v) is 8.18. The molecular weight excluding hydrogens is 492 g/mol. The topological polar surface area (TPSA) is 80.5 Å². The highest BCUT2D eigenvalue weighted by atomic mass is 79.9. The van der Waals surface area contributed by atoms with Gasteiger partial charge in [0.2, 0.25) is 11.8 Å². The summed E-state index contributed by atoms with van der Waals surface area (Å²) in [5.41, 5.74) is 2.28. The minimum absolute atomic E-state index is 0.0337. The van der Waals surface area contributed by atoms with Gasteiger partial charge < -0.3 is 0 Å². The van der Waals surface area contributed by atoms with E-state index >= 15 is 0 Å². The average molecular weight is 508 g/mol. The summed E-state index contributed by atoms with van der Waals surface area (Å²) in [5, 5.41) is 10.8. The molecule has 1 saturated carbocycles. The number of carbonyl (C=O) groups is 2. The van der Waals surface area contributed by atoms with Gasteiger partial charge in [-0.2, -0.15) is 0 Å². The summed E-state index contributed by atoms with van der Waals surface area (Å²) in [4.78, 5) is 37.7. The molecule has 0 N–H and O–H groups in total. The first-order chi connectivity index (χ1) is 13.4. The van der Waals surface area contributed by atoms with E-state index in [1.54, 1.807) is 24.3 Å². The van der Waals surface area contributed by atoms with Crippen LogP contribution < -0.4 is 4.90 Å². The lowest BCUT2D eigenvalue weighted by molar-refractivity contribution is -0.384. The predicted octanol–water partition coefficient (Wildman–Crippen LogP) is 4.69. The molecule has 144 valence electrons. The number of anilines is 1. The van der Waals surface area contributed by atoms with Crippen molar-refractivity contribution in [1.29, 1.82) is 0 Å². The molecule has 1 aliphatic heterocycles. The number of amides is 2. The molecule has 6 nitrogen and oxygen atoms in total. The summed E-state index contributed by atoms with van der Waals surface area (Å²) in [5.74, 6) is -0.830. The SMILES string of the molecule is O=C1[C@H]2C[C@@H](Br)[C@H](Br)C[C@H]2C(=O)N1c1ccc(-c2ccc([N+](=O)[O-])cc2)cc1. The van der Waals surface area contributed by atoms with Gasteiger partial charge in [-0.25, -0.2) is 0 Å². The van der Waals surface area contributed by atoms with Gasteiger partial charge in [0, 0.05) is 21.8 Å². The van der Waals surface area contributed by atoms with Crippen LogP contribution in [0, 0.1) is 22.0 Å². The first-order valence-corrected chi connectivity index (χ1v) is 10.7. The molecule has 0 unspecified atom stereocenters. The minimum atomic E-state index is -0.439. The molecule has 2 aliphatic rings. The standard InChI is InChI=1S/C20H16Br2N2O4/c21-17-9-15-16(10-18(17)22)20(26)23(19(15)25)13-5-1-11(2-6-13)12-3-7-14(8-4-12)24(27)28/h1-8,15-18H,9-10H2/t15-,16+,17-,18-/m1/s1. The van der Waals surface area contributed by atoms with Gasteiger partial charge in [0.15, 0.2) is 0 Å². The molecule has 2 aromatic rings. The number of fused-ring (bicyclic) bond motifs is 1. The number of nitro groups is 1. The van der Waals surface area contributed by atoms with Gasteiger partial charge in [0.05, 0.1) is 22.4 Å².